The second kappa shape index (κ2) is 8.43. The van der Waals surface area contributed by atoms with Crippen LogP contribution in [0.15, 0.2) is 42.5 Å². The standard InChI is InChI=1S/C19H19Cl2N3O2/c20-15-9-16(21)11-17(10-15)23-19(26)22-12-13-4-3-5-14(8-13)18(25)24-6-1-2-7-24/h3-5,8-11H,1-2,6-7,12H2,(H2,22,23,26). The predicted molar refractivity (Wildman–Crippen MR) is 104 cm³/mol. The lowest BCUT2D eigenvalue weighted by atomic mass is 10.1. The number of anilines is 1. The van der Waals surface area contributed by atoms with Crippen molar-refractivity contribution in [3.05, 3.63) is 63.6 Å². The van der Waals surface area contributed by atoms with Crippen LogP contribution in [0.1, 0.15) is 28.8 Å². The van der Waals surface area contributed by atoms with E-state index in [0.29, 0.717) is 27.8 Å². The quantitative estimate of drug-likeness (QED) is 0.802. The second-order valence-electron chi connectivity index (χ2n) is 6.17. The first-order chi connectivity index (χ1) is 12.5. The van der Waals surface area contributed by atoms with Crippen molar-refractivity contribution in [2.24, 2.45) is 0 Å². The minimum Gasteiger partial charge on any atom is -0.339 e. The van der Waals surface area contributed by atoms with Gasteiger partial charge in [-0.3, -0.25) is 4.79 Å². The van der Waals surface area contributed by atoms with Crippen LogP contribution in [0.2, 0.25) is 10.0 Å². The van der Waals surface area contributed by atoms with Crippen LogP contribution in [0, 0.1) is 0 Å². The molecule has 1 aliphatic rings. The fourth-order valence-corrected chi connectivity index (χ4v) is 3.43. The van der Waals surface area contributed by atoms with Gasteiger partial charge in [0.15, 0.2) is 0 Å². The van der Waals surface area contributed by atoms with Gasteiger partial charge in [-0.25, -0.2) is 4.79 Å². The molecule has 0 aliphatic carbocycles. The van der Waals surface area contributed by atoms with E-state index in [2.05, 4.69) is 10.6 Å². The lowest BCUT2D eigenvalue weighted by Crippen LogP contribution is -2.29. The molecule has 2 aromatic carbocycles. The van der Waals surface area contributed by atoms with E-state index >= 15 is 0 Å². The number of urea groups is 1. The molecule has 0 spiro atoms. The molecular weight excluding hydrogens is 373 g/mol. The van der Waals surface area contributed by atoms with Crippen molar-refractivity contribution in [2.45, 2.75) is 19.4 Å². The minimum atomic E-state index is -0.375. The van der Waals surface area contributed by atoms with Crippen LogP contribution in [0.25, 0.3) is 0 Å². The first kappa shape index (κ1) is 18.5. The van der Waals surface area contributed by atoms with E-state index in [1.54, 1.807) is 24.3 Å². The van der Waals surface area contributed by atoms with Gasteiger partial charge in [-0.1, -0.05) is 35.3 Å². The summed E-state index contributed by atoms with van der Waals surface area (Å²) in [7, 11) is 0. The highest BCUT2D eigenvalue weighted by molar-refractivity contribution is 6.35. The van der Waals surface area contributed by atoms with Gasteiger partial charge in [-0.15, -0.1) is 0 Å². The molecule has 136 valence electrons. The van der Waals surface area contributed by atoms with E-state index in [0.717, 1.165) is 31.5 Å². The Morgan fingerprint density at radius 2 is 1.69 bits per heavy atom. The van der Waals surface area contributed by atoms with Crippen molar-refractivity contribution < 1.29 is 9.59 Å². The molecule has 26 heavy (non-hydrogen) atoms. The Labute approximate surface area is 162 Å². The summed E-state index contributed by atoms with van der Waals surface area (Å²) >= 11 is 11.8. The molecular formula is C19H19Cl2N3O2. The highest BCUT2D eigenvalue weighted by atomic mass is 35.5. The average Bonchev–Trinajstić information content (AvgIpc) is 3.13. The molecule has 5 nitrogen and oxygen atoms in total. The van der Waals surface area contributed by atoms with E-state index in [-0.39, 0.29) is 11.9 Å². The Morgan fingerprint density at radius 3 is 2.38 bits per heavy atom. The largest absolute Gasteiger partial charge is 0.339 e. The van der Waals surface area contributed by atoms with Crippen LogP contribution < -0.4 is 10.6 Å². The highest BCUT2D eigenvalue weighted by Gasteiger charge is 2.19. The van der Waals surface area contributed by atoms with Crippen molar-refractivity contribution in [3.8, 4) is 0 Å². The summed E-state index contributed by atoms with van der Waals surface area (Å²) in [4.78, 5) is 26.4. The van der Waals surface area contributed by atoms with E-state index in [1.165, 1.54) is 0 Å². The number of likely N-dealkylation sites (tertiary alicyclic amines) is 1. The van der Waals surface area contributed by atoms with Crippen LogP contribution in [0.5, 0.6) is 0 Å². The lowest BCUT2D eigenvalue weighted by molar-refractivity contribution is 0.0792. The van der Waals surface area contributed by atoms with Gasteiger partial charge in [0.2, 0.25) is 0 Å². The van der Waals surface area contributed by atoms with Gasteiger partial charge in [0.25, 0.3) is 5.91 Å². The number of halogens is 2. The molecule has 0 atom stereocenters. The molecule has 1 heterocycles. The van der Waals surface area contributed by atoms with E-state index in [9.17, 15) is 9.59 Å². The number of nitrogens with zero attached hydrogens (tertiary/aromatic N) is 1. The molecule has 0 bridgehead atoms. The summed E-state index contributed by atoms with van der Waals surface area (Å²) in [6, 6.07) is 11.8. The summed E-state index contributed by atoms with van der Waals surface area (Å²) < 4.78 is 0. The molecule has 0 aromatic heterocycles. The van der Waals surface area contributed by atoms with Crippen molar-refractivity contribution in [3.63, 3.8) is 0 Å². The zero-order chi connectivity index (χ0) is 18.5. The maximum absolute atomic E-state index is 12.4. The van der Waals surface area contributed by atoms with E-state index in [1.807, 2.05) is 23.1 Å². The van der Waals surface area contributed by atoms with Gasteiger partial charge in [0.1, 0.15) is 0 Å². The maximum atomic E-state index is 12.4. The van der Waals surface area contributed by atoms with Crippen molar-refractivity contribution in [2.75, 3.05) is 18.4 Å². The molecule has 1 saturated heterocycles. The Morgan fingerprint density at radius 1 is 1.00 bits per heavy atom. The molecule has 7 heteroatoms. The SMILES string of the molecule is O=C(NCc1cccc(C(=O)N2CCCC2)c1)Nc1cc(Cl)cc(Cl)c1. The van der Waals surface area contributed by atoms with E-state index in [4.69, 9.17) is 23.2 Å². The monoisotopic (exact) mass is 391 g/mol. The van der Waals surface area contributed by atoms with Crippen LogP contribution >= 0.6 is 23.2 Å². The fraction of sp³-hybridized carbons (Fsp3) is 0.263. The third-order valence-electron chi connectivity index (χ3n) is 4.14. The summed E-state index contributed by atoms with van der Waals surface area (Å²) in [6.07, 6.45) is 2.11. The highest BCUT2D eigenvalue weighted by Crippen LogP contribution is 2.22. The number of benzene rings is 2. The number of nitrogens with one attached hydrogen (secondary N) is 2. The topological polar surface area (TPSA) is 61.4 Å². The maximum Gasteiger partial charge on any atom is 0.319 e. The Hall–Kier alpha value is -2.24. The Bertz CT molecular complexity index is 800. The van der Waals surface area contributed by atoms with Crippen molar-refractivity contribution in [1.29, 1.82) is 0 Å². The number of hydrogen-bond donors (Lipinski definition) is 2. The van der Waals surface area contributed by atoms with Crippen LogP contribution in [0.3, 0.4) is 0 Å². The van der Waals surface area contributed by atoms with Gasteiger partial charge in [-0.05, 0) is 48.7 Å². The summed E-state index contributed by atoms with van der Waals surface area (Å²) in [6.45, 7) is 1.93. The average molecular weight is 392 g/mol. The minimum absolute atomic E-state index is 0.0439. The normalized spacial score (nSPS) is 13.5. The molecule has 0 unspecified atom stereocenters. The number of rotatable bonds is 4. The second-order valence-corrected chi connectivity index (χ2v) is 7.04. The smallest absolute Gasteiger partial charge is 0.319 e. The molecule has 0 saturated carbocycles. The zero-order valence-corrected chi connectivity index (χ0v) is 15.6. The first-order valence-electron chi connectivity index (χ1n) is 8.40. The lowest BCUT2D eigenvalue weighted by Gasteiger charge is -2.15. The van der Waals surface area contributed by atoms with E-state index < -0.39 is 0 Å². The number of carbonyl (C=O) groups is 2. The van der Waals surface area contributed by atoms with Crippen LogP contribution in [-0.2, 0) is 6.54 Å². The first-order valence-corrected chi connectivity index (χ1v) is 9.16. The van der Waals surface area contributed by atoms with Gasteiger partial charge in [0, 0.05) is 40.9 Å². The number of hydrogen-bond acceptors (Lipinski definition) is 2. The molecule has 1 aliphatic heterocycles. The third-order valence-corrected chi connectivity index (χ3v) is 4.58. The summed E-state index contributed by atoms with van der Waals surface area (Å²) in [5.41, 5.74) is 2.01. The van der Waals surface area contributed by atoms with Gasteiger partial charge in [-0.2, -0.15) is 0 Å². The molecule has 2 aromatic rings. The molecule has 1 fully saturated rings. The number of amides is 3. The van der Waals surface area contributed by atoms with Gasteiger partial charge < -0.3 is 15.5 Å². The third kappa shape index (κ3) is 4.90. The van der Waals surface area contributed by atoms with Crippen molar-refractivity contribution >= 4 is 40.8 Å². The fourth-order valence-electron chi connectivity index (χ4n) is 2.90. The predicted octanol–water partition coefficient (Wildman–Crippen LogP) is 4.55. The number of carbonyl (C=O) groups excluding carboxylic acids is 2. The molecule has 3 amide bonds. The Kier molecular flexibility index (Phi) is 6.01. The summed E-state index contributed by atoms with van der Waals surface area (Å²) in [5, 5.41) is 6.33. The Balaban J connectivity index is 1.58. The summed E-state index contributed by atoms with van der Waals surface area (Å²) in [5.74, 6) is 0.0439. The van der Waals surface area contributed by atoms with Gasteiger partial charge in [0.05, 0.1) is 0 Å². The molecule has 2 N–H and O–H groups in total. The van der Waals surface area contributed by atoms with Crippen LogP contribution in [-0.4, -0.2) is 29.9 Å². The van der Waals surface area contributed by atoms with Crippen molar-refractivity contribution in [1.82, 2.24) is 10.2 Å². The van der Waals surface area contributed by atoms with Crippen LogP contribution in [0.4, 0.5) is 10.5 Å². The zero-order valence-electron chi connectivity index (χ0n) is 14.1. The molecule has 3 rings (SSSR count). The molecule has 0 radical (unpaired) electrons. The van der Waals surface area contributed by atoms with Gasteiger partial charge >= 0.3 is 6.03 Å².